The molecule has 0 aliphatic carbocycles. The summed E-state index contributed by atoms with van der Waals surface area (Å²) in [6, 6.07) is 4.01. The lowest BCUT2D eigenvalue weighted by molar-refractivity contribution is 0.515. The highest BCUT2D eigenvalue weighted by molar-refractivity contribution is 5.37. The molecule has 0 saturated carbocycles. The maximum Gasteiger partial charge on any atom is 0.246 e. The van der Waals surface area contributed by atoms with Crippen molar-refractivity contribution in [3.05, 3.63) is 47.3 Å². The monoisotopic (exact) mass is 440 g/mol. The van der Waals surface area contributed by atoms with Crippen molar-refractivity contribution in [1.82, 2.24) is 30.4 Å². The predicted molar refractivity (Wildman–Crippen MR) is 121 cm³/mol. The first-order valence-electron chi connectivity index (χ1n) is 10.3. The van der Waals surface area contributed by atoms with Gasteiger partial charge in [-0.2, -0.15) is 9.97 Å². The molecule has 0 aromatic carbocycles. The van der Waals surface area contributed by atoms with E-state index in [1.54, 1.807) is 12.5 Å². The van der Waals surface area contributed by atoms with E-state index in [1.807, 2.05) is 43.0 Å². The molecule has 0 aliphatic rings. The number of anilines is 4. The van der Waals surface area contributed by atoms with Gasteiger partial charge in [-0.25, -0.2) is 10.2 Å². The number of nitrogens with one attached hydrogen (secondary N) is 3. The normalized spacial score (nSPS) is 11.1. The van der Waals surface area contributed by atoms with E-state index in [9.17, 15) is 0 Å². The van der Waals surface area contributed by atoms with Crippen LogP contribution in [0.1, 0.15) is 22.6 Å². The number of furan rings is 2. The largest absolute Gasteiger partial charge is 0.469 e. The summed E-state index contributed by atoms with van der Waals surface area (Å²) in [4.78, 5) is 12.5. The molecule has 4 aromatic rings. The second-order valence-corrected chi connectivity index (χ2v) is 7.62. The summed E-state index contributed by atoms with van der Waals surface area (Å²) < 4.78 is 11.0. The van der Waals surface area contributed by atoms with Gasteiger partial charge in [0.25, 0.3) is 0 Å². The Hall–Kier alpha value is -3.96. The summed E-state index contributed by atoms with van der Waals surface area (Å²) >= 11 is 0. The first-order chi connectivity index (χ1) is 15.5. The summed E-state index contributed by atoms with van der Waals surface area (Å²) in [6.07, 6.45) is 5.13. The van der Waals surface area contributed by atoms with Crippen LogP contribution in [0.25, 0.3) is 0 Å². The minimum absolute atomic E-state index is 0.304. The van der Waals surface area contributed by atoms with Gasteiger partial charge in [-0.05, 0) is 43.0 Å². The third kappa shape index (κ3) is 5.20. The number of likely N-dealkylation sites (N-methyl/N-ethyl adjacent to an activating group) is 2. The van der Waals surface area contributed by atoms with Crippen LogP contribution in [0.5, 0.6) is 0 Å². The highest BCUT2D eigenvalue weighted by Gasteiger charge is 2.11. The molecule has 4 heterocycles. The van der Waals surface area contributed by atoms with Crippen LogP contribution in [-0.4, -0.2) is 57.5 Å². The van der Waals surface area contributed by atoms with Crippen LogP contribution in [0.15, 0.2) is 33.5 Å². The molecule has 0 aliphatic heterocycles. The number of hydrogen-bond donors (Lipinski definition) is 4. The molecule has 5 N–H and O–H groups in total. The third-order valence-electron chi connectivity index (χ3n) is 5.20. The maximum absolute atomic E-state index is 5.65. The van der Waals surface area contributed by atoms with Gasteiger partial charge in [-0.3, -0.25) is 0 Å². The highest BCUT2D eigenvalue weighted by atomic mass is 16.3. The lowest BCUT2D eigenvalue weighted by Gasteiger charge is -2.13. The molecule has 0 fully saturated rings. The molecular weight excluding hydrogens is 412 g/mol. The van der Waals surface area contributed by atoms with Crippen molar-refractivity contribution >= 4 is 23.8 Å². The Balaban J connectivity index is 1.22. The fourth-order valence-corrected chi connectivity index (χ4v) is 3.21. The van der Waals surface area contributed by atoms with Crippen LogP contribution < -0.4 is 20.9 Å². The van der Waals surface area contributed by atoms with Crippen LogP contribution in [0, 0.1) is 6.92 Å². The quantitative estimate of drug-likeness (QED) is 0.272. The fourth-order valence-electron chi connectivity index (χ4n) is 3.21. The van der Waals surface area contributed by atoms with Crippen molar-refractivity contribution in [1.29, 1.82) is 0 Å². The average molecular weight is 441 g/mol. The Labute approximate surface area is 185 Å². The summed E-state index contributed by atoms with van der Waals surface area (Å²) in [5, 5.41) is 17.1. The number of H-pyrrole nitrogens is 2. The molecule has 0 unspecified atom stereocenters. The molecule has 4 rings (SSSR count). The zero-order valence-corrected chi connectivity index (χ0v) is 18.4. The molecule has 4 aromatic heterocycles. The number of aryl methyl sites for hydroxylation is 1. The van der Waals surface area contributed by atoms with Crippen LogP contribution in [-0.2, 0) is 19.4 Å². The van der Waals surface area contributed by atoms with Crippen molar-refractivity contribution in [3.8, 4) is 0 Å². The Morgan fingerprint density at radius 1 is 1.03 bits per heavy atom. The van der Waals surface area contributed by atoms with Gasteiger partial charge in [-0.15, -0.1) is 10.2 Å². The zero-order valence-electron chi connectivity index (χ0n) is 18.4. The van der Waals surface area contributed by atoms with E-state index in [0.717, 1.165) is 43.0 Å². The second-order valence-electron chi connectivity index (χ2n) is 7.62. The minimum Gasteiger partial charge on any atom is -0.469 e. The molecule has 32 heavy (non-hydrogen) atoms. The van der Waals surface area contributed by atoms with Gasteiger partial charge < -0.3 is 29.7 Å². The smallest absolute Gasteiger partial charge is 0.246 e. The fraction of sp³-hybridized carbons (Fsp3) is 0.400. The van der Waals surface area contributed by atoms with Gasteiger partial charge in [0, 0.05) is 27.2 Å². The number of rotatable bonds is 11. The summed E-state index contributed by atoms with van der Waals surface area (Å²) in [7, 11) is 3.88. The Morgan fingerprint density at radius 2 is 1.78 bits per heavy atom. The number of nitrogens with two attached hydrogens (primary N) is 1. The number of aromatic amines is 2. The van der Waals surface area contributed by atoms with Crippen molar-refractivity contribution < 1.29 is 8.83 Å². The van der Waals surface area contributed by atoms with Gasteiger partial charge in [-0.1, -0.05) is 0 Å². The lowest BCUT2D eigenvalue weighted by Crippen LogP contribution is -2.21. The van der Waals surface area contributed by atoms with Crippen molar-refractivity contribution in [2.24, 2.45) is 0 Å². The Kier molecular flexibility index (Phi) is 6.29. The van der Waals surface area contributed by atoms with Crippen LogP contribution in [0.2, 0.25) is 0 Å². The number of hydrogen-bond acceptors (Lipinski definition) is 10. The SMILES string of the molecule is Cc1occc1CCN(C)c1n[nH]c(NCc2cc(CCN(C)c3n[nH]c(N)n3)co2)n1. The lowest BCUT2D eigenvalue weighted by atomic mass is 10.2. The zero-order chi connectivity index (χ0) is 22.5. The first kappa shape index (κ1) is 21.3. The molecule has 0 bridgehead atoms. The van der Waals surface area contributed by atoms with Crippen LogP contribution in [0.3, 0.4) is 0 Å². The summed E-state index contributed by atoms with van der Waals surface area (Å²) in [5.74, 6) is 3.85. The van der Waals surface area contributed by atoms with Crippen LogP contribution in [0.4, 0.5) is 23.8 Å². The number of nitrogens with zero attached hydrogens (tertiary/aromatic N) is 6. The van der Waals surface area contributed by atoms with Crippen LogP contribution >= 0.6 is 0 Å². The molecule has 0 radical (unpaired) electrons. The molecule has 0 spiro atoms. The average Bonchev–Trinajstić information content (AvgIpc) is 3.57. The molecule has 0 atom stereocenters. The van der Waals surface area contributed by atoms with E-state index in [4.69, 9.17) is 14.6 Å². The van der Waals surface area contributed by atoms with E-state index in [0.29, 0.717) is 30.3 Å². The van der Waals surface area contributed by atoms with Crippen molar-refractivity contribution in [2.45, 2.75) is 26.3 Å². The summed E-state index contributed by atoms with van der Waals surface area (Å²) in [5.41, 5.74) is 7.85. The van der Waals surface area contributed by atoms with Gasteiger partial charge in [0.15, 0.2) is 0 Å². The molecule has 0 amide bonds. The molecular formula is C20H28N10O2. The molecule has 12 heteroatoms. The van der Waals surface area contributed by atoms with Gasteiger partial charge in [0.05, 0.1) is 19.1 Å². The maximum atomic E-state index is 5.65. The standard InChI is InChI=1S/C20H28N10O2/c1-13-15(6-9-31-13)5-8-30(3)20-24-18(26-28-20)22-11-16-10-14(12-32-16)4-7-29(2)19-23-17(21)25-27-19/h6,9-10,12H,4-5,7-8,11H2,1-3H3,(H3,21,23,25,27)(H2,22,24,26,28). The summed E-state index contributed by atoms with van der Waals surface area (Å²) in [6.45, 7) is 3.99. The minimum atomic E-state index is 0.304. The van der Waals surface area contributed by atoms with Crippen molar-refractivity contribution in [3.63, 3.8) is 0 Å². The van der Waals surface area contributed by atoms with Gasteiger partial charge in [0.2, 0.25) is 23.8 Å². The van der Waals surface area contributed by atoms with E-state index in [1.165, 1.54) is 5.56 Å². The predicted octanol–water partition coefficient (Wildman–Crippen LogP) is 1.97. The first-order valence-corrected chi connectivity index (χ1v) is 10.3. The second kappa shape index (κ2) is 9.45. The molecule has 0 saturated heterocycles. The van der Waals surface area contributed by atoms with Crippen molar-refractivity contribution in [2.75, 3.05) is 48.0 Å². The van der Waals surface area contributed by atoms with E-state index < -0.39 is 0 Å². The van der Waals surface area contributed by atoms with Gasteiger partial charge in [0.1, 0.15) is 11.5 Å². The number of nitrogen functional groups attached to an aromatic ring is 1. The van der Waals surface area contributed by atoms with Gasteiger partial charge >= 0.3 is 0 Å². The number of aromatic nitrogens is 6. The third-order valence-corrected chi connectivity index (χ3v) is 5.20. The molecule has 170 valence electrons. The molecule has 12 nitrogen and oxygen atoms in total. The van der Waals surface area contributed by atoms with E-state index in [-0.39, 0.29) is 0 Å². The Bertz CT molecular complexity index is 1130. The highest BCUT2D eigenvalue weighted by Crippen LogP contribution is 2.15. The topological polar surface area (TPSA) is 154 Å². The Morgan fingerprint density at radius 3 is 2.50 bits per heavy atom. The van der Waals surface area contributed by atoms with E-state index >= 15 is 0 Å². The van der Waals surface area contributed by atoms with E-state index in [2.05, 4.69) is 35.7 Å².